The Morgan fingerprint density at radius 3 is 1.85 bits per heavy atom. The summed E-state index contributed by atoms with van der Waals surface area (Å²) in [5, 5.41) is 8.48. The van der Waals surface area contributed by atoms with E-state index in [-0.39, 0.29) is 5.57 Å². The third-order valence-corrected chi connectivity index (χ3v) is 4.28. The first-order valence-corrected chi connectivity index (χ1v) is 8.09. The van der Waals surface area contributed by atoms with Gasteiger partial charge in [0.05, 0.1) is 0 Å². The van der Waals surface area contributed by atoms with Gasteiger partial charge in [-0.2, -0.15) is 0 Å². The number of fused-ring (bicyclic) bond motifs is 2. The lowest BCUT2D eigenvalue weighted by Crippen LogP contribution is -2.51. The molecule has 1 heterocycles. The van der Waals surface area contributed by atoms with Gasteiger partial charge >= 0.3 is 6.03 Å². The largest absolute Gasteiger partial charge is 0.328 e. The highest BCUT2D eigenvalue weighted by atomic mass is 16.2. The highest BCUT2D eigenvalue weighted by molar-refractivity contribution is 6.29. The Kier molecular flexibility index (Phi) is 3.82. The van der Waals surface area contributed by atoms with Crippen molar-refractivity contribution in [2.75, 3.05) is 0 Å². The second-order valence-corrected chi connectivity index (χ2v) is 5.91. The van der Waals surface area contributed by atoms with Crippen molar-refractivity contribution < 1.29 is 14.4 Å². The van der Waals surface area contributed by atoms with Gasteiger partial charge in [-0.25, -0.2) is 4.79 Å². The molecule has 126 valence electrons. The monoisotopic (exact) mass is 342 g/mol. The van der Waals surface area contributed by atoms with Crippen molar-refractivity contribution >= 4 is 45.5 Å². The predicted molar refractivity (Wildman–Crippen MR) is 100 cm³/mol. The number of hydrogen-bond acceptors (Lipinski definition) is 3. The van der Waals surface area contributed by atoms with E-state index in [1.165, 1.54) is 6.08 Å². The van der Waals surface area contributed by atoms with Crippen molar-refractivity contribution in [3.8, 4) is 0 Å². The molecule has 1 aliphatic heterocycles. The molecule has 4 rings (SSSR count). The summed E-state index contributed by atoms with van der Waals surface area (Å²) in [5.41, 5.74) is 0.897. The molecule has 5 heteroatoms. The Morgan fingerprint density at radius 1 is 0.731 bits per heavy atom. The SMILES string of the molecule is O=C1NC(=O)C(=CC=Cc2c3ccccc3cc3ccccc23)C(=O)N1. The lowest BCUT2D eigenvalue weighted by atomic mass is 9.96. The average molecular weight is 342 g/mol. The van der Waals surface area contributed by atoms with Gasteiger partial charge in [0.25, 0.3) is 11.8 Å². The number of nitrogens with one attached hydrogen (secondary N) is 2. The van der Waals surface area contributed by atoms with Crippen LogP contribution in [0.4, 0.5) is 4.79 Å². The smallest absolute Gasteiger partial charge is 0.273 e. The summed E-state index contributed by atoms with van der Waals surface area (Å²) in [6, 6.07) is 17.4. The minimum Gasteiger partial charge on any atom is -0.273 e. The fourth-order valence-corrected chi connectivity index (χ4v) is 3.10. The van der Waals surface area contributed by atoms with Gasteiger partial charge in [0.1, 0.15) is 5.57 Å². The number of allylic oxidation sites excluding steroid dienone is 2. The van der Waals surface area contributed by atoms with Gasteiger partial charge in [0.15, 0.2) is 0 Å². The van der Waals surface area contributed by atoms with Gasteiger partial charge in [-0.3, -0.25) is 20.2 Å². The number of benzene rings is 3. The van der Waals surface area contributed by atoms with Gasteiger partial charge in [-0.15, -0.1) is 0 Å². The molecule has 0 saturated carbocycles. The zero-order valence-corrected chi connectivity index (χ0v) is 13.7. The number of imide groups is 2. The summed E-state index contributed by atoms with van der Waals surface area (Å²) >= 11 is 0. The van der Waals surface area contributed by atoms with E-state index in [0.29, 0.717) is 0 Å². The van der Waals surface area contributed by atoms with Crippen LogP contribution in [0.25, 0.3) is 27.6 Å². The van der Waals surface area contributed by atoms with Crippen LogP contribution in [-0.4, -0.2) is 17.8 Å². The van der Waals surface area contributed by atoms with E-state index in [1.54, 1.807) is 6.08 Å². The van der Waals surface area contributed by atoms with E-state index in [0.717, 1.165) is 27.1 Å². The van der Waals surface area contributed by atoms with Gasteiger partial charge in [-0.05, 0) is 39.3 Å². The van der Waals surface area contributed by atoms with Crippen LogP contribution in [0, 0.1) is 0 Å². The number of rotatable bonds is 2. The molecular formula is C21H14N2O3. The van der Waals surface area contributed by atoms with E-state index >= 15 is 0 Å². The lowest BCUT2D eigenvalue weighted by Gasteiger charge is -2.13. The minimum absolute atomic E-state index is 0.106. The van der Waals surface area contributed by atoms with Crippen LogP contribution in [0.3, 0.4) is 0 Å². The zero-order chi connectivity index (χ0) is 18.1. The Morgan fingerprint density at radius 2 is 1.27 bits per heavy atom. The van der Waals surface area contributed by atoms with Crippen molar-refractivity contribution in [1.82, 2.24) is 10.6 Å². The maximum atomic E-state index is 11.8. The van der Waals surface area contributed by atoms with Crippen molar-refractivity contribution in [1.29, 1.82) is 0 Å². The highest BCUT2D eigenvalue weighted by Crippen LogP contribution is 2.29. The Labute approximate surface area is 149 Å². The second-order valence-electron chi connectivity index (χ2n) is 5.91. The van der Waals surface area contributed by atoms with Gasteiger partial charge < -0.3 is 0 Å². The summed E-state index contributed by atoms with van der Waals surface area (Å²) in [6.07, 6.45) is 4.93. The molecule has 0 radical (unpaired) electrons. The molecule has 3 aromatic rings. The number of amides is 4. The van der Waals surface area contributed by atoms with E-state index in [9.17, 15) is 14.4 Å². The Hall–Kier alpha value is -3.73. The van der Waals surface area contributed by atoms with Crippen LogP contribution in [-0.2, 0) is 9.59 Å². The normalized spacial score (nSPS) is 14.8. The van der Waals surface area contributed by atoms with Crippen LogP contribution < -0.4 is 10.6 Å². The molecule has 0 aliphatic carbocycles. The molecule has 0 unspecified atom stereocenters. The molecule has 1 aliphatic rings. The van der Waals surface area contributed by atoms with E-state index < -0.39 is 17.8 Å². The number of barbiturate groups is 1. The van der Waals surface area contributed by atoms with Crippen LogP contribution >= 0.6 is 0 Å². The van der Waals surface area contributed by atoms with Crippen LogP contribution in [0.15, 0.2) is 72.3 Å². The van der Waals surface area contributed by atoms with Gasteiger partial charge in [0, 0.05) is 0 Å². The molecule has 1 fully saturated rings. The number of hydrogen-bond donors (Lipinski definition) is 2. The second kappa shape index (κ2) is 6.29. The molecule has 2 N–H and O–H groups in total. The molecule has 1 saturated heterocycles. The summed E-state index contributed by atoms with van der Waals surface area (Å²) in [5.74, 6) is -1.41. The number of carbonyl (C=O) groups excluding carboxylic acids is 3. The molecule has 0 spiro atoms. The van der Waals surface area contributed by atoms with Crippen molar-refractivity contribution in [3.05, 3.63) is 77.9 Å². The van der Waals surface area contributed by atoms with Gasteiger partial charge in [-0.1, -0.05) is 60.7 Å². The molecule has 0 aromatic heterocycles. The highest BCUT2D eigenvalue weighted by Gasteiger charge is 2.26. The fourth-order valence-electron chi connectivity index (χ4n) is 3.10. The lowest BCUT2D eigenvalue weighted by molar-refractivity contribution is -0.124. The van der Waals surface area contributed by atoms with E-state index in [2.05, 4.69) is 16.7 Å². The van der Waals surface area contributed by atoms with Crippen LogP contribution in [0.2, 0.25) is 0 Å². The van der Waals surface area contributed by atoms with E-state index in [4.69, 9.17) is 0 Å². The summed E-state index contributed by atoms with van der Waals surface area (Å²) < 4.78 is 0. The predicted octanol–water partition coefficient (Wildman–Crippen LogP) is 3.30. The summed E-state index contributed by atoms with van der Waals surface area (Å²) in [7, 11) is 0. The average Bonchev–Trinajstić information content (AvgIpc) is 2.63. The first-order valence-electron chi connectivity index (χ1n) is 8.09. The topological polar surface area (TPSA) is 75.3 Å². The van der Waals surface area contributed by atoms with Crippen molar-refractivity contribution in [2.45, 2.75) is 0 Å². The molecule has 26 heavy (non-hydrogen) atoms. The molecule has 3 aromatic carbocycles. The Balaban J connectivity index is 1.82. The molecule has 5 nitrogen and oxygen atoms in total. The summed E-state index contributed by atoms with van der Waals surface area (Å²) in [6.45, 7) is 0. The maximum Gasteiger partial charge on any atom is 0.328 e. The van der Waals surface area contributed by atoms with Crippen molar-refractivity contribution in [3.63, 3.8) is 0 Å². The standard InChI is InChI=1S/C21H14N2O3/c24-19-18(20(25)23-21(26)22-19)11-5-10-17-15-8-3-1-6-13(15)12-14-7-2-4-9-16(14)17/h1-12H,(H2,22,23,24,25,26). The molecule has 0 atom stereocenters. The first kappa shape index (κ1) is 15.8. The third-order valence-electron chi connectivity index (χ3n) is 4.28. The van der Waals surface area contributed by atoms with Gasteiger partial charge in [0.2, 0.25) is 0 Å². The maximum absolute atomic E-state index is 11.8. The third kappa shape index (κ3) is 2.75. The van der Waals surface area contributed by atoms with E-state index in [1.807, 2.05) is 54.6 Å². The molecule has 0 bridgehead atoms. The molecule has 4 amide bonds. The zero-order valence-electron chi connectivity index (χ0n) is 13.7. The number of urea groups is 1. The fraction of sp³-hybridized carbons (Fsp3) is 0. The minimum atomic E-state index is -0.804. The summed E-state index contributed by atoms with van der Waals surface area (Å²) in [4.78, 5) is 34.7. The van der Waals surface area contributed by atoms with Crippen molar-refractivity contribution in [2.24, 2.45) is 0 Å². The van der Waals surface area contributed by atoms with Crippen LogP contribution in [0.1, 0.15) is 5.56 Å². The molecular weight excluding hydrogens is 328 g/mol. The quantitative estimate of drug-likeness (QED) is 0.426. The Bertz CT molecular complexity index is 1070. The van der Waals surface area contributed by atoms with Crippen LogP contribution in [0.5, 0.6) is 0 Å². The first-order chi connectivity index (χ1) is 12.6. The number of carbonyl (C=O) groups is 3.